The fraction of sp³-hybridized carbons (Fsp3) is 0.857. The minimum absolute atomic E-state index is 0.0926. The van der Waals surface area contributed by atoms with Crippen molar-refractivity contribution in [3.8, 4) is 0 Å². The number of carboxylic acid groups (broad SMARTS) is 1. The van der Waals surface area contributed by atoms with Gasteiger partial charge in [0.1, 0.15) is 0 Å². The predicted molar refractivity (Wildman–Crippen MR) is 81.4 cm³/mol. The van der Waals surface area contributed by atoms with Crippen LogP contribution in [-0.2, 0) is 9.53 Å². The summed E-state index contributed by atoms with van der Waals surface area (Å²) in [6, 6.07) is -0.752. The van der Waals surface area contributed by atoms with Crippen molar-refractivity contribution in [1.29, 1.82) is 0 Å². The van der Waals surface area contributed by atoms with Crippen molar-refractivity contribution in [3.63, 3.8) is 0 Å². The Balaban J connectivity index is 4.12. The molecular formula is C14H29N3O4. The van der Waals surface area contributed by atoms with E-state index in [4.69, 9.17) is 9.84 Å². The summed E-state index contributed by atoms with van der Waals surface area (Å²) in [5, 5.41) is 14.4. The van der Waals surface area contributed by atoms with Crippen LogP contribution in [0.4, 0.5) is 4.79 Å². The topological polar surface area (TPSA) is 90.9 Å². The number of carboxylic acids is 1. The molecule has 0 heterocycles. The summed E-state index contributed by atoms with van der Waals surface area (Å²) in [6.07, 6.45) is -0.0926. The first-order valence-electron chi connectivity index (χ1n) is 7.10. The summed E-state index contributed by atoms with van der Waals surface area (Å²) in [5.41, 5.74) is -0.314. The van der Waals surface area contributed by atoms with Crippen LogP contribution >= 0.6 is 0 Å². The first-order chi connectivity index (χ1) is 9.66. The van der Waals surface area contributed by atoms with Gasteiger partial charge < -0.3 is 25.4 Å². The molecule has 0 fully saturated rings. The van der Waals surface area contributed by atoms with Gasteiger partial charge in [0, 0.05) is 32.8 Å². The molecule has 0 saturated heterocycles. The molecule has 0 aliphatic heterocycles. The molecular weight excluding hydrogens is 274 g/mol. The number of rotatable bonds is 9. The van der Waals surface area contributed by atoms with Crippen LogP contribution in [0.3, 0.4) is 0 Å². The molecule has 0 rings (SSSR count). The van der Waals surface area contributed by atoms with E-state index in [1.54, 1.807) is 7.11 Å². The molecule has 1 unspecified atom stereocenters. The van der Waals surface area contributed by atoms with Gasteiger partial charge in [-0.1, -0.05) is 20.8 Å². The molecule has 7 heteroatoms. The second-order valence-corrected chi connectivity index (χ2v) is 6.21. The van der Waals surface area contributed by atoms with Crippen molar-refractivity contribution >= 4 is 12.0 Å². The summed E-state index contributed by atoms with van der Waals surface area (Å²) in [4.78, 5) is 24.7. The average molecular weight is 303 g/mol. The molecule has 0 bridgehead atoms. The molecule has 0 spiro atoms. The van der Waals surface area contributed by atoms with E-state index in [2.05, 4.69) is 10.6 Å². The zero-order chi connectivity index (χ0) is 16.5. The number of hydrogen-bond acceptors (Lipinski definition) is 4. The van der Waals surface area contributed by atoms with Crippen LogP contribution in [-0.4, -0.2) is 68.4 Å². The zero-order valence-corrected chi connectivity index (χ0v) is 13.7. The van der Waals surface area contributed by atoms with Gasteiger partial charge >= 0.3 is 12.0 Å². The van der Waals surface area contributed by atoms with Crippen LogP contribution in [0.1, 0.15) is 27.2 Å². The monoisotopic (exact) mass is 303 g/mol. The number of carbonyl (C=O) groups is 2. The van der Waals surface area contributed by atoms with Crippen molar-refractivity contribution < 1.29 is 19.4 Å². The van der Waals surface area contributed by atoms with Gasteiger partial charge in [-0.2, -0.15) is 0 Å². The Bertz CT molecular complexity index is 329. The zero-order valence-electron chi connectivity index (χ0n) is 13.7. The van der Waals surface area contributed by atoms with E-state index in [9.17, 15) is 9.59 Å². The van der Waals surface area contributed by atoms with Crippen LogP contribution in [0.25, 0.3) is 0 Å². The summed E-state index contributed by atoms with van der Waals surface area (Å²) < 4.78 is 4.97. The third kappa shape index (κ3) is 10.1. The molecule has 1 atom stereocenters. The number of nitrogens with one attached hydrogen (secondary N) is 2. The Hall–Kier alpha value is -1.34. The minimum Gasteiger partial charge on any atom is -0.481 e. The number of hydrogen-bond donors (Lipinski definition) is 3. The fourth-order valence-corrected chi connectivity index (χ4v) is 1.68. The molecule has 0 aromatic rings. The van der Waals surface area contributed by atoms with Gasteiger partial charge in [0.15, 0.2) is 0 Å². The van der Waals surface area contributed by atoms with Crippen LogP contribution < -0.4 is 10.6 Å². The largest absolute Gasteiger partial charge is 0.481 e. The standard InChI is InChI=1S/C14H29N3O4/c1-14(2,3)11(10-12(18)19)16-13(20)15-6-7-17(4)8-9-21-5/h11H,6-10H2,1-5H3,(H,18,19)(H2,15,16,20). The summed E-state index contributed by atoms with van der Waals surface area (Å²) in [6.45, 7) is 8.35. The fourth-order valence-electron chi connectivity index (χ4n) is 1.68. The Morgan fingerprint density at radius 3 is 2.38 bits per heavy atom. The first kappa shape index (κ1) is 19.7. The molecule has 0 saturated carbocycles. The molecule has 124 valence electrons. The van der Waals surface area contributed by atoms with E-state index >= 15 is 0 Å². The van der Waals surface area contributed by atoms with Crippen LogP contribution in [0, 0.1) is 5.41 Å². The highest BCUT2D eigenvalue weighted by Crippen LogP contribution is 2.21. The van der Waals surface area contributed by atoms with Gasteiger partial charge in [0.2, 0.25) is 0 Å². The predicted octanol–water partition coefficient (Wildman–Crippen LogP) is 0.753. The lowest BCUT2D eigenvalue weighted by Crippen LogP contribution is -2.50. The van der Waals surface area contributed by atoms with Crippen molar-refractivity contribution in [1.82, 2.24) is 15.5 Å². The lowest BCUT2D eigenvalue weighted by molar-refractivity contribution is -0.138. The maximum absolute atomic E-state index is 11.8. The minimum atomic E-state index is -0.922. The van der Waals surface area contributed by atoms with E-state index in [0.29, 0.717) is 19.7 Å². The quantitative estimate of drug-likeness (QED) is 0.585. The van der Waals surface area contributed by atoms with Gasteiger partial charge in [-0.3, -0.25) is 4.79 Å². The van der Waals surface area contributed by atoms with E-state index in [1.165, 1.54) is 0 Å². The Morgan fingerprint density at radius 2 is 1.90 bits per heavy atom. The van der Waals surface area contributed by atoms with Gasteiger partial charge in [-0.05, 0) is 12.5 Å². The highest BCUT2D eigenvalue weighted by atomic mass is 16.5. The highest BCUT2D eigenvalue weighted by molar-refractivity contribution is 5.75. The molecule has 0 aliphatic carbocycles. The summed E-state index contributed by atoms with van der Waals surface area (Å²) in [7, 11) is 3.59. The van der Waals surface area contributed by atoms with Crippen molar-refractivity contribution in [2.24, 2.45) is 5.41 Å². The summed E-state index contributed by atoms with van der Waals surface area (Å²) >= 11 is 0. The van der Waals surface area contributed by atoms with Crippen LogP contribution in [0.5, 0.6) is 0 Å². The number of carbonyl (C=O) groups excluding carboxylic acids is 1. The number of aliphatic carboxylic acids is 1. The number of ether oxygens (including phenoxy) is 1. The number of urea groups is 1. The Morgan fingerprint density at radius 1 is 1.29 bits per heavy atom. The average Bonchev–Trinajstić information content (AvgIpc) is 2.33. The second-order valence-electron chi connectivity index (χ2n) is 6.21. The molecule has 0 radical (unpaired) electrons. The first-order valence-corrected chi connectivity index (χ1v) is 7.10. The lowest BCUT2D eigenvalue weighted by Gasteiger charge is -2.30. The van der Waals surface area contributed by atoms with Crippen LogP contribution in [0.15, 0.2) is 0 Å². The third-order valence-electron chi connectivity index (χ3n) is 3.19. The van der Waals surface area contributed by atoms with Crippen LogP contribution in [0.2, 0.25) is 0 Å². The number of likely N-dealkylation sites (N-methyl/N-ethyl adjacent to an activating group) is 1. The van der Waals surface area contributed by atoms with Gasteiger partial charge in [-0.15, -0.1) is 0 Å². The van der Waals surface area contributed by atoms with Gasteiger partial charge in [0.05, 0.1) is 13.0 Å². The van der Waals surface area contributed by atoms with Gasteiger partial charge in [-0.25, -0.2) is 4.79 Å². The molecule has 21 heavy (non-hydrogen) atoms. The highest BCUT2D eigenvalue weighted by Gasteiger charge is 2.28. The number of amides is 2. The van der Waals surface area contributed by atoms with E-state index < -0.39 is 12.0 Å². The number of nitrogens with zero attached hydrogens (tertiary/aromatic N) is 1. The van der Waals surface area contributed by atoms with Crippen molar-refractivity contribution in [3.05, 3.63) is 0 Å². The Labute approximate surface area is 127 Å². The second kappa shape index (κ2) is 9.57. The molecule has 7 nitrogen and oxygen atoms in total. The maximum Gasteiger partial charge on any atom is 0.315 e. The molecule has 0 aliphatic rings. The van der Waals surface area contributed by atoms with Crippen molar-refractivity contribution in [2.75, 3.05) is 40.4 Å². The Kier molecular flexibility index (Phi) is 8.96. The molecule has 0 aromatic heterocycles. The van der Waals surface area contributed by atoms with Crippen molar-refractivity contribution in [2.45, 2.75) is 33.2 Å². The SMILES string of the molecule is COCCN(C)CCNC(=O)NC(CC(=O)O)C(C)(C)C. The smallest absolute Gasteiger partial charge is 0.315 e. The molecule has 2 amide bonds. The maximum atomic E-state index is 11.8. The molecule has 3 N–H and O–H groups in total. The van der Waals surface area contributed by atoms with E-state index in [1.807, 2.05) is 32.7 Å². The summed E-state index contributed by atoms with van der Waals surface area (Å²) in [5.74, 6) is -0.922. The van der Waals surface area contributed by atoms with E-state index in [-0.39, 0.29) is 17.9 Å². The molecule has 0 aromatic carbocycles. The normalized spacial score (nSPS) is 13.0. The lowest BCUT2D eigenvalue weighted by atomic mass is 9.85. The van der Waals surface area contributed by atoms with E-state index in [0.717, 1.165) is 6.54 Å². The third-order valence-corrected chi connectivity index (χ3v) is 3.19. The number of methoxy groups -OCH3 is 1. The van der Waals surface area contributed by atoms with Gasteiger partial charge in [0.25, 0.3) is 0 Å².